The first-order chi connectivity index (χ1) is 10.6. The number of carbonyl (C=O) groups is 2. The van der Waals surface area contributed by atoms with Crippen LogP contribution in [0.25, 0.3) is 0 Å². The summed E-state index contributed by atoms with van der Waals surface area (Å²) in [6.45, 7) is 0. The summed E-state index contributed by atoms with van der Waals surface area (Å²) in [6, 6.07) is 12.6. The number of urea groups is 1. The Bertz CT molecular complexity index is 680. The second-order valence-corrected chi connectivity index (χ2v) is 4.97. The average Bonchev–Trinajstić information content (AvgIpc) is 2.51. The molecule has 2 aromatic carbocycles. The second-order valence-electron chi connectivity index (χ2n) is 4.15. The number of halogens is 2. The molecule has 22 heavy (non-hydrogen) atoms. The molecule has 0 fully saturated rings. The number of rotatable bonds is 4. The number of nitrogens with one attached hydrogen (secondary N) is 4. The molecule has 0 bridgehead atoms. The molecule has 0 aliphatic heterocycles. The summed E-state index contributed by atoms with van der Waals surface area (Å²) in [7, 11) is 0. The van der Waals surface area contributed by atoms with E-state index >= 15 is 0 Å². The molecule has 114 valence electrons. The molecule has 0 aliphatic rings. The molecule has 0 atom stereocenters. The van der Waals surface area contributed by atoms with Crippen LogP contribution < -0.4 is 21.7 Å². The summed E-state index contributed by atoms with van der Waals surface area (Å²) in [4.78, 5) is 23.3. The highest BCUT2D eigenvalue weighted by Gasteiger charge is 2.06. The molecule has 3 amide bonds. The van der Waals surface area contributed by atoms with Crippen LogP contribution in [0.1, 0.15) is 10.4 Å². The number of anilines is 1. The van der Waals surface area contributed by atoms with Crippen LogP contribution in [-0.4, -0.2) is 11.9 Å². The van der Waals surface area contributed by atoms with Crippen LogP contribution in [-0.2, 0) is 0 Å². The first kappa shape index (κ1) is 16.1. The zero-order chi connectivity index (χ0) is 15.9. The molecule has 0 unspecified atom stereocenters. The van der Waals surface area contributed by atoms with Gasteiger partial charge in [0.1, 0.15) is 0 Å². The van der Waals surface area contributed by atoms with Crippen LogP contribution in [0, 0.1) is 0 Å². The predicted octanol–water partition coefficient (Wildman–Crippen LogP) is 2.96. The third-order valence-corrected chi connectivity index (χ3v) is 3.30. The van der Waals surface area contributed by atoms with Crippen molar-refractivity contribution >= 4 is 40.8 Å². The molecular formula is C14H12Cl2N4O2. The van der Waals surface area contributed by atoms with Gasteiger partial charge in [-0.2, -0.15) is 0 Å². The second kappa shape index (κ2) is 7.65. The SMILES string of the molecule is O=C(NNNC(=O)c1ccccc1)Nc1ccc(Cl)c(Cl)c1. The van der Waals surface area contributed by atoms with Crippen molar-refractivity contribution in [3.63, 3.8) is 0 Å². The van der Waals surface area contributed by atoms with Crippen molar-refractivity contribution in [3.8, 4) is 0 Å². The van der Waals surface area contributed by atoms with Crippen molar-refractivity contribution in [2.45, 2.75) is 0 Å². The molecule has 0 saturated heterocycles. The van der Waals surface area contributed by atoms with E-state index in [1.54, 1.807) is 42.5 Å². The van der Waals surface area contributed by atoms with Gasteiger partial charge in [0.25, 0.3) is 5.91 Å². The molecule has 6 nitrogen and oxygen atoms in total. The van der Waals surface area contributed by atoms with Crippen LogP contribution in [0.4, 0.5) is 10.5 Å². The highest BCUT2D eigenvalue weighted by molar-refractivity contribution is 6.42. The molecule has 8 heteroatoms. The third-order valence-electron chi connectivity index (χ3n) is 2.57. The Morgan fingerprint density at radius 2 is 1.59 bits per heavy atom. The minimum absolute atomic E-state index is 0.324. The smallest absolute Gasteiger partial charge is 0.307 e. The maximum atomic E-state index is 11.7. The summed E-state index contributed by atoms with van der Waals surface area (Å²) in [5.74, 6) is -0.379. The predicted molar refractivity (Wildman–Crippen MR) is 85.7 cm³/mol. The van der Waals surface area contributed by atoms with Gasteiger partial charge in [-0.05, 0) is 30.3 Å². The Morgan fingerprint density at radius 1 is 0.864 bits per heavy atom. The minimum atomic E-state index is -0.577. The zero-order valence-corrected chi connectivity index (χ0v) is 12.7. The van der Waals surface area contributed by atoms with Gasteiger partial charge in [-0.1, -0.05) is 41.4 Å². The van der Waals surface area contributed by atoms with E-state index in [1.807, 2.05) is 0 Å². The first-order valence-corrected chi connectivity index (χ1v) is 6.94. The molecule has 0 spiro atoms. The van der Waals surface area contributed by atoms with E-state index in [0.29, 0.717) is 21.3 Å². The lowest BCUT2D eigenvalue weighted by molar-refractivity contribution is 0.0927. The van der Waals surface area contributed by atoms with Crippen LogP contribution in [0.3, 0.4) is 0 Å². The summed E-state index contributed by atoms with van der Waals surface area (Å²) in [5, 5.41) is 3.23. The highest BCUT2D eigenvalue weighted by atomic mass is 35.5. The fourth-order valence-corrected chi connectivity index (χ4v) is 1.84. The number of hydrogen-bond donors (Lipinski definition) is 4. The Labute approximate surface area is 136 Å². The molecule has 0 radical (unpaired) electrons. The van der Waals surface area contributed by atoms with Gasteiger partial charge < -0.3 is 5.32 Å². The Balaban J connectivity index is 1.78. The van der Waals surface area contributed by atoms with Gasteiger partial charge >= 0.3 is 6.03 Å². The van der Waals surface area contributed by atoms with E-state index in [2.05, 4.69) is 21.7 Å². The van der Waals surface area contributed by atoms with Gasteiger partial charge in [0.05, 0.1) is 10.0 Å². The molecule has 2 aromatic rings. The maximum absolute atomic E-state index is 11.7. The molecule has 4 N–H and O–H groups in total. The van der Waals surface area contributed by atoms with E-state index in [1.165, 1.54) is 6.07 Å². The summed E-state index contributed by atoms with van der Waals surface area (Å²) >= 11 is 11.6. The van der Waals surface area contributed by atoms with Crippen molar-refractivity contribution in [1.29, 1.82) is 0 Å². The van der Waals surface area contributed by atoms with E-state index in [-0.39, 0.29) is 5.91 Å². The van der Waals surface area contributed by atoms with Crippen LogP contribution in [0.15, 0.2) is 48.5 Å². The lowest BCUT2D eigenvalue weighted by atomic mass is 10.2. The van der Waals surface area contributed by atoms with E-state index in [9.17, 15) is 9.59 Å². The highest BCUT2D eigenvalue weighted by Crippen LogP contribution is 2.24. The first-order valence-electron chi connectivity index (χ1n) is 6.18. The van der Waals surface area contributed by atoms with Crippen LogP contribution >= 0.6 is 23.2 Å². The molecular weight excluding hydrogens is 327 g/mol. The molecule has 0 heterocycles. The van der Waals surface area contributed by atoms with Gasteiger partial charge in [-0.15, -0.1) is 5.53 Å². The molecule has 0 aliphatic carbocycles. The normalized spacial score (nSPS) is 9.91. The number of amides is 3. The van der Waals surface area contributed by atoms with Crippen molar-refractivity contribution in [3.05, 3.63) is 64.1 Å². The average molecular weight is 339 g/mol. The minimum Gasteiger partial charge on any atom is -0.307 e. The Morgan fingerprint density at radius 3 is 2.27 bits per heavy atom. The largest absolute Gasteiger partial charge is 0.334 e. The van der Waals surface area contributed by atoms with Crippen molar-refractivity contribution in [2.24, 2.45) is 0 Å². The van der Waals surface area contributed by atoms with Gasteiger partial charge in [-0.3, -0.25) is 15.6 Å². The fourth-order valence-electron chi connectivity index (χ4n) is 1.54. The molecule has 0 aromatic heterocycles. The van der Waals surface area contributed by atoms with E-state index in [4.69, 9.17) is 23.2 Å². The Hall–Kier alpha value is -2.28. The fraction of sp³-hybridized carbons (Fsp3) is 0. The number of carbonyl (C=O) groups excluding carboxylic acids is 2. The Kier molecular flexibility index (Phi) is 5.60. The van der Waals surface area contributed by atoms with Crippen LogP contribution in [0.2, 0.25) is 10.0 Å². The third kappa shape index (κ3) is 4.63. The standard InChI is InChI=1S/C14H12Cl2N4O2/c15-11-7-6-10(8-12(11)16)17-14(22)19-20-18-13(21)9-4-2-1-3-5-9/h1-8,20H,(H,18,21)(H2,17,19,22). The van der Waals surface area contributed by atoms with Gasteiger partial charge in [-0.25, -0.2) is 4.79 Å². The summed E-state index contributed by atoms with van der Waals surface area (Å²) in [5.41, 5.74) is 7.82. The quantitative estimate of drug-likeness (QED) is 0.647. The van der Waals surface area contributed by atoms with Crippen molar-refractivity contribution in [2.75, 3.05) is 5.32 Å². The van der Waals surface area contributed by atoms with Gasteiger partial charge in [0.15, 0.2) is 0 Å². The number of benzene rings is 2. The van der Waals surface area contributed by atoms with Gasteiger partial charge in [0, 0.05) is 11.3 Å². The summed E-state index contributed by atoms with van der Waals surface area (Å²) < 4.78 is 0. The lowest BCUT2D eigenvalue weighted by Crippen LogP contribution is -2.50. The van der Waals surface area contributed by atoms with Gasteiger partial charge in [0.2, 0.25) is 0 Å². The monoisotopic (exact) mass is 338 g/mol. The number of hydrazine groups is 2. The zero-order valence-electron chi connectivity index (χ0n) is 11.2. The van der Waals surface area contributed by atoms with E-state index < -0.39 is 6.03 Å². The van der Waals surface area contributed by atoms with Crippen molar-refractivity contribution < 1.29 is 9.59 Å². The molecule has 0 saturated carbocycles. The van der Waals surface area contributed by atoms with E-state index in [0.717, 1.165) is 0 Å². The topological polar surface area (TPSA) is 82.3 Å². The summed E-state index contributed by atoms with van der Waals surface area (Å²) in [6.07, 6.45) is 0. The van der Waals surface area contributed by atoms with Crippen LogP contribution in [0.5, 0.6) is 0 Å². The number of hydrogen-bond acceptors (Lipinski definition) is 3. The maximum Gasteiger partial charge on any atom is 0.334 e. The van der Waals surface area contributed by atoms with Crippen molar-refractivity contribution in [1.82, 2.24) is 16.4 Å². The lowest BCUT2D eigenvalue weighted by Gasteiger charge is -2.10. The molecule has 2 rings (SSSR count).